The van der Waals surface area contributed by atoms with E-state index in [0.29, 0.717) is 41.2 Å². The van der Waals surface area contributed by atoms with Gasteiger partial charge in [-0.2, -0.15) is 0 Å². The summed E-state index contributed by atoms with van der Waals surface area (Å²) in [6.07, 6.45) is 5.69. The number of rotatable bonds is 4. The molecule has 2 aliphatic rings. The Morgan fingerprint density at radius 3 is 2.81 bits per heavy atom. The van der Waals surface area contributed by atoms with Gasteiger partial charge in [-0.15, -0.1) is 30.2 Å². The quantitative estimate of drug-likeness (QED) is 0.313. The molecule has 1 atom stereocenters. The molecule has 1 aromatic carbocycles. The third kappa shape index (κ3) is 5.33. The predicted molar refractivity (Wildman–Crippen MR) is 136 cm³/mol. The lowest BCUT2D eigenvalue weighted by Crippen LogP contribution is -2.28. The van der Waals surface area contributed by atoms with Gasteiger partial charge in [-0.25, -0.2) is 4.98 Å². The normalized spacial score (nSPS) is 15.1. The summed E-state index contributed by atoms with van der Waals surface area (Å²) < 4.78 is 5.30. The van der Waals surface area contributed by atoms with Crippen molar-refractivity contribution in [1.29, 1.82) is 0 Å². The first-order chi connectivity index (χ1) is 16.8. The highest BCUT2D eigenvalue weighted by Crippen LogP contribution is 2.42. The Hall–Kier alpha value is -3.92. The van der Waals surface area contributed by atoms with Crippen molar-refractivity contribution in [3.8, 4) is 18.1 Å². The number of nitrogens with two attached hydrogens (primary N) is 1. The molecule has 2 aromatic heterocycles. The molecule has 1 aliphatic heterocycles. The molecule has 1 aliphatic carbocycles. The molecule has 6 N–H and O–H groups in total. The number of fused-ring (bicyclic) bond motifs is 4. The summed E-state index contributed by atoms with van der Waals surface area (Å²) in [5, 5.41) is 15.1. The summed E-state index contributed by atoms with van der Waals surface area (Å²) in [7, 11) is 0. The largest absolute Gasteiger partial charge is 0.482 e. The number of carbonyl (C=O) groups is 3. The van der Waals surface area contributed by atoms with E-state index in [9.17, 15) is 24.3 Å². The SMILES string of the molecule is C#CCN.Cl.O=C1COc2ccc(CNC(=O)c3nc4sc5c(c4c(=O)[nH]3)C(C(=O)O)CC5)cc2N1. The van der Waals surface area contributed by atoms with Gasteiger partial charge in [-0.1, -0.05) is 12.0 Å². The number of aromatic amines is 1. The predicted octanol–water partition coefficient (Wildman–Crippen LogP) is 1.36. The van der Waals surface area contributed by atoms with Crippen LogP contribution in [-0.2, 0) is 22.6 Å². The maximum absolute atomic E-state index is 12.6. The van der Waals surface area contributed by atoms with Crippen LogP contribution in [0, 0.1) is 12.3 Å². The molecule has 11 nitrogen and oxygen atoms in total. The van der Waals surface area contributed by atoms with E-state index in [2.05, 4.69) is 32.9 Å². The Balaban J connectivity index is 0.000000674. The van der Waals surface area contributed by atoms with Gasteiger partial charge in [0.05, 0.1) is 23.5 Å². The van der Waals surface area contributed by atoms with Crippen molar-refractivity contribution in [2.45, 2.75) is 25.3 Å². The second kappa shape index (κ2) is 11.2. The minimum absolute atomic E-state index is 0. The first kappa shape index (κ1) is 26.7. The summed E-state index contributed by atoms with van der Waals surface area (Å²) in [5.74, 6) is 0.110. The number of carboxylic acids is 1. The zero-order valence-electron chi connectivity index (χ0n) is 18.8. The lowest BCUT2D eigenvalue weighted by Gasteiger charge is -2.18. The molecule has 0 spiro atoms. The van der Waals surface area contributed by atoms with Crippen LogP contribution >= 0.6 is 23.7 Å². The Bertz CT molecular complexity index is 1440. The first-order valence-electron chi connectivity index (χ1n) is 10.6. The molecule has 3 heterocycles. The van der Waals surface area contributed by atoms with Gasteiger partial charge >= 0.3 is 5.97 Å². The number of thiophene rings is 1. The van der Waals surface area contributed by atoms with Crippen molar-refractivity contribution in [1.82, 2.24) is 15.3 Å². The van der Waals surface area contributed by atoms with E-state index in [-0.39, 0.29) is 42.7 Å². The van der Waals surface area contributed by atoms with Crippen LogP contribution in [-0.4, -0.2) is 46.0 Å². The number of amides is 2. The van der Waals surface area contributed by atoms with E-state index in [1.54, 1.807) is 18.2 Å². The summed E-state index contributed by atoms with van der Waals surface area (Å²) in [6.45, 7) is 0.454. The molecule has 0 fully saturated rings. The lowest BCUT2D eigenvalue weighted by molar-refractivity contribution is -0.138. The maximum atomic E-state index is 12.6. The standard InChI is InChI=1S/C20H16N4O6S.C3H5N.ClH/c25-13-7-30-11-3-1-8(5-10(11)22-13)6-21-18(27)16-23-17(26)15-14-9(20(28)29)2-4-12(14)31-19(15)24-16;1-2-3-4;/h1,3,5,9H,2,4,6-7H2,(H,21,27)(H,22,25)(H,28,29)(H,23,24,26);1H,3-4H2;1H. The smallest absolute Gasteiger partial charge is 0.311 e. The van der Waals surface area contributed by atoms with Gasteiger partial charge in [0.2, 0.25) is 5.82 Å². The highest BCUT2D eigenvalue weighted by Gasteiger charge is 2.34. The molecule has 0 radical (unpaired) electrons. The molecule has 36 heavy (non-hydrogen) atoms. The van der Waals surface area contributed by atoms with E-state index in [1.807, 2.05) is 0 Å². The van der Waals surface area contributed by atoms with Crippen molar-refractivity contribution in [3.63, 3.8) is 0 Å². The van der Waals surface area contributed by atoms with Gasteiger partial charge in [-0.3, -0.25) is 19.2 Å². The minimum Gasteiger partial charge on any atom is -0.482 e. The van der Waals surface area contributed by atoms with E-state index < -0.39 is 23.4 Å². The fourth-order valence-electron chi connectivity index (χ4n) is 3.91. The van der Waals surface area contributed by atoms with Crippen molar-refractivity contribution in [2.24, 2.45) is 5.73 Å². The fourth-order valence-corrected chi connectivity index (χ4v) is 5.16. The van der Waals surface area contributed by atoms with Gasteiger partial charge in [0, 0.05) is 11.4 Å². The molecule has 13 heteroatoms. The zero-order chi connectivity index (χ0) is 25.1. The number of aryl methyl sites for hydroxylation is 1. The Labute approximate surface area is 214 Å². The molecule has 0 bridgehead atoms. The molecule has 0 saturated heterocycles. The van der Waals surface area contributed by atoms with Crippen LogP contribution in [0.25, 0.3) is 10.2 Å². The minimum atomic E-state index is -0.966. The Kier molecular flexibility index (Phi) is 8.31. The van der Waals surface area contributed by atoms with Crippen LogP contribution in [0.5, 0.6) is 5.75 Å². The number of ether oxygens (including phenoxy) is 1. The summed E-state index contributed by atoms with van der Waals surface area (Å²) >= 11 is 1.25. The van der Waals surface area contributed by atoms with Crippen LogP contribution in [0.2, 0.25) is 0 Å². The molecule has 5 rings (SSSR count). The fraction of sp³-hybridized carbons (Fsp3) is 0.261. The van der Waals surface area contributed by atoms with Gasteiger partial charge in [0.1, 0.15) is 10.6 Å². The van der Waals surface area contributed by atoms with Gasteiger partial charge in [0.25, 0.3) is 17.4 Å². The second-order valence-electron chi connectivity index (χ2n) is 7.72. The number of nitrogens with one attached hydrogen (secondary N) is 3. The summed E-state index contributed by atoms with van der Waals surface area (Å²) in [4.78, 5) is 56.1. The van der Waals surface area contributed by atoms with Crippen LogP contribution in [0.15, 0.2) is 23.0 Å². The van der Waals surface area contributed by atoms with Crippen molar-refractivity contribution >= 4 is 57.4 Å². The number of hydrogen-bond acceptors (Lipinski definition) is 8. The van der Waals surface area contributed by atoms with Crippen LogP contribution in [0.1, 0.15) is 39.0 Å². The highest BCUT2D eigenvalue weighted by molar-refractivity contribution is 7.18. The second-order valence-corrected chi connectivity index (χ2v) is 8.81. The third-order valence-electron chi connectivity index (χ3n) is 5.45. The Morgan fingerprint density at radius 2 is 2.11 bits per heavy atom. The molecule has 1 unspecified atom stereocenters. The number of benzene rings is 1. The van der Waals surface area contributed by atoms with E-state index in [0.717, 1.165) is 10.4 Å². The molecular weight excluding hydrogens is 510 g/mol. The summed E-state index contributed by atoms with van der Waals surface area (Å²) in [6, 6.07) is 5.15. The topological polar surface area (TPSA) is 176 Å². The number of carboxylic acid groups (broad SMARTS) is 1. The molecule has 3 aromatic rings. The molecular formula is C23H22ClN5O6S. The molecule has 0 saturated carbocycles. The van der Waals surface area contributed by atoms with Crippen molar-refractivity contribution < 1.29 is 24.2 Å². The monoisotopic (exact) mass is 531 g/mol. The Morgan fingerprint density at radius 1 is 1.36 bits per heavy atom. The highest BCUT2D eigenvalue weighted by atomic mass is 35.5. The number of terminal acetylenes is 1. The first-order valence-corrected chi connectivity index (χ1v) is 11.4. The third-order valence-corrected chi connectivity index (χ3v) is 6.60. The van der Waals surface area contributed by atoms with Crippen molar-refractivity contribution in [3.05, 3.63) is 50.4 Å². The average Bonchev–Trinajstić information content (AvgIpc) is 3.41. The maximum Gasteiger partial charge on any atom is 0.311 e. The van der Waals surface area contributed by atoms with Crippen LogP contribution < -0.4 is 26.7 Å². The van der Waals surface area contributed by atoms with E-state index in [4.69, 9.17) is 10.5 Å². The lowest BCUT2D eigenvalue weighted by atomic mass is 10.0. The van der Waals surface area contributed by atoms with Gasteiger partial charge in [-0.05, 0) is 36.1 Å². The molecule has 2 amide bonds. The number of aliphatic carboxylic acids is 1. The number of nitrogens with zero attached hydrogens (tertiary/aromatic N) is 1. The van der Waals surface area contributed by atoms with Crippen LogP contribution in [0.3, 0.4) is 0 Å². The number of carbonyl (C=O) groups excluding carboxylic acids is 2. The van der Waals surface area contributed by atoms with E-state index >= 15 is 0 Å². The average molecular weight is 532 g/mol. The number of halogens is 1. The van der Waals surface area contributed by atoms with E-state index in [1.165, 1.54) is 11.3 Å². The number of hydrogen-bond donors (Lipinski definition) is 5. The van der Waals surface area contributed by atoms with Crippen molar-refractivity contribution in [2.75, 3.05) is 18.5 Å². The number of H-pyrrole nitrogens is 1. The zero-order valence-corrected chi connectivity index (χ0v) is 20.4. The number of aromatic nitrogens is 2. The number of anilines is 1. The van der Waals surface area contributed by atoms with Gasteiger partial charge < -0.3 is 31.2 Å². The summed E-state index contributed by atoms with van der Waals surface area (Å²) in [5.41, 5.74) is 6.04. The molecule has 188 valence electrons. The van der Waals surface area contributed by atoms with Gasteiger partial charge in [0.15, 0.2) is 6.61 Å². The van der Waals surface area contributed by atoms with Crippen LogP contribution in [0.4, 0.5) is 5.69 Å².